The summed E-state index contributed by atoms with van der Waals surface area (Å²) in [6.45, 7) is 0.412. The Balaban J connectivity index is 1.48. The molecular weight excluding hydrogens is 402 g/mol. The van der Waals surface area contributed by atoms with Crippen LogP contribution in [0.2, 0.25) is 0 Å². The fraction of sp³-hybridized carbons (Fsp3) is 0.0769. The average Bonchev–Trinajstić information content (AvgIpc) is 3.23. The molecular formula is C26H23N3O3. The Kier molecular flexibility index (Phi) is 6.32. The molecule has 0 spiro atoms. The minimum absolute atomic E-state index is 0.125. The fourth-order valence-corrected chi connectivity index (χ4v) is 3.42. The summed E-state index contributed by atoms with van der Waals surface area (Å²) in [5.41, 5.74) is 3.42. The van der Waals surface area contributed by atoms with E-state index in [0.717, 1.165) is 16.5 Å². The van der Waals surface area contributed by atoms with E-state index in [0.29, 0.717) is 24.1 Å². The highest BCUT2D eigenvalue weighted by atomic mass is 16.3. The second-order valence-corrected chi connectivity index (χ2v) is 7.34. The maximum Gasteiger partial charge on any atom is 0.267 e. The largest absolute Gasteiger partial charge is 0.508 e. The Morgan fingerprint density at radius 3 is 2.41 bits per heavy atom. The van der Waals surface area contributed by atoms with Crippen molar-refractivity contribution in [3.63, 3.8) is 0 Å². The normalized spacial score (nSPS) is 11.3. The molecule has 0 radical (unpaired) electrons. The molecule has 0 fully saturated rings. The molecule has 32 heavy (non-hydrogen) atoms. The molecule has 4 rings (SSSR count). The fourth-order valence-electron chi connectivity index (χ4n) is 3.42. The first-order chi connectivity index (χ1) is 15.6. The molecule has 6 nitrogen and oxygen atoms in total. The van der Waals surface area contributed by atoms with Gasteiger partial charge in [-0.15, -0.1) is 0 Å². The molecule has 0 saturated heterocycles. The molecule has 160 valence electrons. The number of phenolic OH excluding ortho intramolecular Hbond substituents is 1. The molecule has 0 unspecified atom stereocenters. The number of aromatic amines is 1. The number of aromatic hydroxyl groups is 1. The Morgan fingerprint density at radius 1 is 0.906 bits per heavy atom. The zero-order valence-electron chi connectivity index (χ0n) is 17.3. The quantitative estimate of drug-likeness (QED) is 0.337. The maximum atomic E-state index is 12.9. The number of carbonyl (C=O) groups excluding carboxylic acids is 2. The van der Waals surface area contributed by atoms with E-state index >= 15 is 0 Å². The predicted octanol–water partition coefficient (Wildman–Crippen LogP) is 4.00. The summed E-state index contributed by atoms with van der Waals surface area (Å²) in [4.78, 5) is 28.8. The van der Waals surface area contributed by atoms with Gasteiger partial charge >= 0.3 is 0 Å². The SMILES string of the molecule is O=C(NCCc1c[nH]c2ccccc12)/C(=C/c1ccc(O)cc1)NC(=O)c1ccccc1. The lowest BCUT2D eigenvalue weighted by Crippen LogP contribution is -2.35. The van der Waals surface area contributed by atoms with Crippen molar-refractivity contribution in [3.05, 3.63) is 107 Å². The molecule has 1 aromatic heterocycles. The molecule has 3 aromatic carbocycles. The second kappa shape index (κ2) is 9.66. The van der Waals surface area contributed by atoms with E-state index < -0.39 is 0 Å². The first-order valence-corrected chi connectivity index (χ1v) is 10.3. The molecule has 0 atom stereocenters. The lowest BCUT2D eigenvalue weighted by atomic mass is 10.1. The molecule has 0 bridgehead atoms. The van der Waals surface area contributed by atoms with Crippen molar-refractivity contribution >= 4 is 28.8 Å². The number of benzene rings is 3. The number of fused-ring (bicyclic) bond motifs is 1. The topological polar surface area (TPSA) is 94.2 Å². The van der Waals surface area contributed by atoms with Gasteiger partial charge in [0.15, 0.2) is 0 Å². The van der Waals surface area contributed by atoms with Crippen LogP contribution in [0.5, 0.6) is 5.75 Å². The molecule has 6 heteroatoms. The summed E-state index contributed by atoms with van der Waals surface area (Å²) in [7, 11) is 0. The first-order valence-electron chi connectivity index (χ1n) is 10.3. The van der Waals surface area contributed by atoms with Crippen LogP contribution in [-0.4, -0.2) is 28.4 Å². The molecule has 0 aliphatic carbocycles. The van der Waals surface area contributed by atoms with Crippen molar-refractivity contribution < 1.29 is 14.7 Å². The zero-order valence-corrected chi connectivity index (χ0v) is 17.3. The molecule has 0 saturated carbocycles. The first kappa shape index (κ1) is 20.9. The molecule has 4 aromatic rings. The van der Waals surface area contributed by atoms with Gasteiger partial charge in [0.25, 0.3) is 11.8 Å². The van der Waals surface area contributed by atoms with Gasteiger partial charge in [-0.3, -0.25) is 9.59 Å². The summed E-state index contributed by atoms with van der Waals surface area (Å²) in [6.07, 6.45) is 4.18. The van der Waals surface area contributed by atoms with Crippen molar-refractivity contribution in [1.29, 1.82) is 0 Å². The van der Waals surface area contributed by atoms with Crippen LogP contribution in [0.15, 0.2) is 90.8 Å². The van der Waals surface area contributed by atoms with Crippen molar-refractivity contribution in [2.45, 2.75) is 6.42 Å². The number of rotatable bonds is 7. The summed E-state index contributed by atoms with van der Waals surface area (Å²) < 4.78 is 0. The number of H-pyrrole nitrogens is 1. The number of phenols is 1. The third kappa shape index (κ3) is 5.05. The number of hydrogen-bond donors (Lipinski definition) is 4. The minimum Gasteiger partial charge on any atom is -0.508 e. The maximum absolute atomic E-state index is 12.9. The minimum atomic E-state index is -0.387. The van der Waals surface area contributed by atoms with Crippen molar-refractivity contribution in [3.8, 4) is 5.75 Å². The smallest absolute Gasteiger partial charge is 0.267 e. The number of carbonyl (C=O) groups is 2. The highest BCUT2D eigenvalue weighted by Gasteiger charge is 2.15. The van der Waals surface area contributed by atoms with Gasteiger partial charge in [-0.2, -0.15) is 0 Å². The Morgan fingerprint density at radius 2 is 1.62 bits per heavy atom. The lowest BCUT2D eigenvalue weighted by Gasteiger charge is -2.11. The van der Waals surface area contributed by atoms with E-state index in [9.17, 15) is 14.7 Å². The number of aromatic nitrogens is 1. The van der Waals surface area contributed by atoms with Crippen molar-refractivity contribution in [2.75, 3.05) is 6.54 Å². The van der Waals surface area contributed by atoms with Gasteiger partial charge in [-0.05, 0) is 54.0 Å². The van der Waals surface area contributed by atoms with E-state index in [1.54, 1.807) is 42.5 Å². The van der Waals surface area contributed by atoms with Gasteiger partial charge in [-0.25, -0.2) is 0 Å². The molecule has 2 amide bonds. The van der Waals surface area contributed by atoms with E-state index in [-0.39, 0.29) is 23.3 Å². The molecule has 0 aliphatic heterocycles. The van der Waals surface area contributed by atoms with E-state index in [1.165, 1.54) is 12.1 Å². The molecule has 0 aliphatic rings. The van der Waals surface area contributed by atoms with Crippen LogP contribution in [0.1, 0.15) is 21.5 Å². The molecule has 4 N–H and O–H groups in total. The van der Waals surface area contributed by atoms with Gasteiger partial charge in [0.1, 0.15) is 11.4 Å². The van der Waals surface area contributed by atoms with Crippen LogP contribution >= 0.6 is 0 Å². The molecule has 1 heterocycles. The van der Waals surface area contributed by atoms with Crippen LogP contribution < -0.4 is 10.6 Å². The summed E-state index contributed by atoms with van der Waals surface area (Å²) >= 11 is 0. The highest BCUT2D eigenvalue weighted by Crippen LogP contribution is 2.18. The van der Waals surface area contributed by atoms with E-state index in [4.69, 9.17) is 0 Å². The summed E-state index contributed by atoms with van der Waals surface area (Å²) in [6, 6.07) is 23.1. The third-order valence-electron chi connectivity index (χ3n) is 5.09. The van der Waals surface area contributed by atoms with Crippen LogP contribution in [0, 0.1) is 0 Å². The second-order valence-electron chi connectivity index (χ2n) is 7.34. The van der Waals surface area contributed by atoms with E-state index in [2.05, 4.69) is 15.6 Å². The number of hydrogen-bond acceptors (Lipinski definition) is 3. The van der Waals surface area contributed by atoms with E-state index in [1.807, 2.05) is 36.5 Å². The summed E-state index contributed by atoms with van der Waals surface area (Å²) in [5, 5.41) is 16.2. The predicted molar refractivity (Wildman–Crippen MR) is 125 cm³/mol. The Bertz CT molecular complexity index is 1260. The average molecular weight is 425 g/mol. The Hall–Kier alpha value is -4.32. The Labute approximate surface area is 185 Å². The van der Waals surface area contributed by atoms with Gasteiger partial charge in [0.05, 0.1) is 0 Å². The van der Waals surface area contributed by atoms with Gasteiger partial charge in [0.2, 0.25) is 0 Å². The third-order valence-corrected chi connectivity index (χ3v) is 5.09. The lowest BCUT2D eigenvalue weighted by molar-refractivity contribution is -0.117. The monoisotopic (exact) mass is 425 g/mol. The van der Waals surface area contributed by atoms with Gasteiger partial charge in [0, 0.05) is 29.2 Å². The standard InChI is InChI=1S/C26H23N3O3/c30-21-12-10-18(11-13-21)16-24(29-25(31)19-6-2-1-3-7-19)26(32)27-15-14-20-17-28-23-9-5-4-8-22(20)23/h1-13,16-17,28,30H,14-15H2,(H,27,32)(H,29,31)/b24-16-. The number of amides is 2. The zero-order chi connectivity index (χ0) is 22.3. The van der Waals surface area contributed by atoms with Gasteiger partial charge < -0.3 is 20.7 Å². The summed E-state index contributed by atoms with van der Waals surface area (Å²) in [5.74, 6) is -0.634. The van der Waals surface area contributed by atoms with Crippen LogP contribution in [0.3, 0.4) is 0 Å². The van der Waals surface area contributed by atoms with Crippen LogP contribution in [0.25, 0.3) is 17.0 Å². The van der Waals surface area contributed by atoms with Crippen molar-refractivity contribution in [1.82, 2.24) is 15.6 Å². The number of nitrogens with one attached hydrogen (secondary N) is 3. The highest BCUT2D eigenvalue weighted by molar-refractivity contribution is 6.05. The van der Waals surface area contributed by atoms with Gasteiger partial charge in [-0.1, -0.05) is 48.5 Å². The number of para-hydroxylation sites is 1. The van der Waals surface area contributed by atoms with Crippen LogP contribution in [0.4, 0.5) is 0 Å². The van der Waals surface area contributed by atoms with Crippen molar-refractivity contribution in [2.24, 2.45) is 0 Å². The van der Waals surface area contributed by atoms with Crippen LogP contribution in [-0.2, 0) is 11.2 Å².